The van der Waals surface area contributed by atoms with Crippen LogP contribution in [0.25, 0.3) is 0 Å². The number of urea groups is 1. The predicted octanol–water partition coefficient (Wildman–Crippen LogP) is 2.20. The monoisotopic (exact) mass is 274 g/mol. The molecule has 104 valence electrons. The lowest BCUT2D eigenvalue weighted by Crippen LogP contribution is -2.27. The van der Waals surface area contributed by atoms with Gasteiger partial charge in [-0.1, -0.05) is 0 Å². The number of carbonyl (C=O) groups excluding carboxylic acids is 1. The Kier molecular flexibility index (Phi) is 4.13. The molecule has 1 aliphatic rings. The van der Waals surface area contributed by atoms with Crippen molar-refractivity contribution >= 4 is 11.7 Å². The van der Waals surface area contributed by atoms with Gasteiger partial charge in [-0.15, -0.1) is 0 Å². The maximum absolute atomic E-state index is 12.7. The molecule has 1 N–H and O–H groups in total. The second kappa shape index (κ2) is 5.81. The highest BCUT2D eigenvalue weighted by Gasteiger charge is 2.21. The predicted molar refractivity (Wildman–Crippen MR) is 63.6 cm³/mol. The molecule has 1 heterocycles. The third-order valence-corrected chi connectivity index (χ3v) is 2.69. The van der Waals surface area contributed by atoms with Crippen LogP contribution < -0.4 is 15.0 Å². The minimum Gasteiger partial charge on any atom is -0.490 e. The van der Waals surface area contributed by atoms with Gasteiger partial charge in [0.2, 0.25) is 0 Å². The second-order valence-electron chi connectivity index (χ2n) is 4.04. The van der Waals surface area contributed by atoms with Crippen LogP contribution in [0, 0.1) is 0 Å². The molecule has 4 nitrogen and oxygen atoms in total. The Labute approximate surface area is 108 Å². The van der Waals surface area contributed by atoms with E-state index in [1.807, 2.05) is 0 Å². The maximum Gasteiger partial charge on any atom is 0.321 e. The lowest BCUT2D eigenvalue weighted by Gasteiger charge is -2.15. The summed E-state index contributed by atoms with van der Waals surface area (Å²) in [4.78, 5) is 12.9. The van der Waals surface area contributed by atoms with Crippen LogP contribution in [-0.4, -0.2) is 38.3 Å². The molecule has 0 spiro atoms. The molecule has 1 aromatic carbocycles. The summed E-state index contributed by atoms with van der Waals surface area (Å²) >= 11 is 0. The van der Waals surface area contributed by atoms with Gasteiger partial charge in [0, 0.05) is 18.8 Å². The number of ether oxygens (including phenoxy) is 1. The average molecular weight is 274 g/mol. The molecule has 0 aliphatic carbocycles. The molecule has 2 rings (SSSR count). The Morgan fingerprint density at radius 2 is 1.95 bits per heavy atom. The van der Waals surface area contributed by atoms with Gasteiger partial charge in [-0.3, -0.25) is 4.90 Å². The van der Waals surface area contributed by atoms with Gasteiger partial charge in [-0.2, -0.15) is 0 Å². The SMILES string of the molecule is O=C1NCCN1c1ccc(OCC(F)C(F)F)cc1. The molecule has 7 heteroatoms. The number of rotatable bonds is 5. The van der Waals surface area contributed by atoms with Crippen LogP contribution in [0.2, 0.25) is 0 Å². The first-order chi connectivity index (χ1) is 9.08. The zero-order valence-corrected chi connectivity index (χ0v) is 9.98. The van der Waals surface area contributed by atoms with E-state index in [9.17, 15) is 18.0 Å². The van der Waals surface area contributed by atoms with E-state index in [2.05, 4.69) is 5.32 Å². The van der Waals surface area contributed by atoms with E-state index in [0.717, 1.165) is 0 Å². The standard InChI is InChI=1S/C12H13F3N2O2/c13-10(11(14)15)7-19-9-3-1-8(2-4-9)17-6-5-16-12(17)18/h1-4,10-11H,5-7H2,(H,16,18). The number of amides is 2. The molecule has 2 amide bonds. The zero-order valence-electron chi connectivity index (χ0n) is 9.98. The van der Waals surface area contributed by atoms with Crippen LogP contribution in [0.3, 0.4) is 0 Å². The van der Waals surface area contributed by atoms with Gasteiger partial charge in [0.05, 0.1) is 0 Å². The lowest BCUT2D eigenvalue weighted by molar-refractivity contribution is 0.0231. The fourth-order valence-electron chi connectivity index (χ4n) is 1.69. The molecule has 0 saturated carbocycles. The van der Waals surface area contributed by atoms with Gasteiger partial charge in [-0.05, 0) is 24.3 Å². The summed E-state index contributed by atoms with van der Waals surface area (Å²) in [6.07, 6.45) is -5.35. The van der Waals surface area contributed by atoms with Crippen LogP contribution in [0.4, 0.5) is 23.7 Å². The average Bonchev–Trinajstić information content (AvgIpc) is 2.82. The first-order valence-corrected chi connectivity index (χ1v) is 5.78. The topological polar surface area (TPSA) is 41.6 Å². The highest BCUT2D eigenvalue weighted by atomic mass is 19.3. The van der Waals surface area contributed by atoms with Crippen LogP contribution in [0.1, 0.15) is 0 Å². The van der Waals surface area contributed by atoms with E-state index in [-0.39, 0.29) is 11.8 Å². The number of anilines is 1. The van der Waals surface area contributed by atoms with Crippen molar-refractivity contribution < 1.29 is 22.7 Å². The second-order valence-corrected chi connectivity index (χ2v) is 4.04. The summed E-state index contributed by atoms with van der Waals surface area (Å²) in [7, 11) is 0. The van der Waals surface area contributed by atoms with E-state index in [0.29, 0.717) is 18.8 Å². The van der Waals surface area contributed by atoms with Crippen LogP contribution in [0.15, 0.2) is 24.3 Å². The molecule has 1 atom stereocenters. The van der Waals surface area contributed by atoms with Crippen molar-refractivity contribution in [3.8, 4) is 5.75 Å². The highest BCUT2D eigenvalue weighted by molar-refractivity contribution is 5.94. The Balaban J connectivity index is 1.93. The summed E-state index contributed by atoms with van der Waals surface area (Å²) in [6, 6.07) is 6.08. The van der Waals surface area contributed by atoms with E-state index in [1.165, 1.54) is 12.1 Å². The van der Waals surface area contributed by atoms with E-state index in [1.54, 1.807) is 17.0 Å². The fourth-order valence-corrected chi connectivity index (χ4v) is 1.69. The smallest absolute Gasteiger partial charge is 0.321 e. The van der Waals surface area contributed by atoms with Crippen LogP contribution in [-0.2, 0) is 0 Å². The van der Waals surface area contributed by atoms with Gasteiger partial charge in [0.15, 0.2) is 6.17 Å². The first-order valence-electron chi connectivity index (χ1n) is 5.78. The van der Waals surface area contributed by atoms with Gasteiger partial charge in [0.1, 0.15) is 12.4 Å². The molecule has 1 aliphatic heterocycles. The van der Waals surface area contributed by atoms with Crippen LogP contribution in [0.5, 0.6) is 5.75 Å². The zero-order chi connectivity index (χ0) is 13.8. The summed E-state index contributed by atoms with van der Waals surface area (Å²) in [5.41, 5.74) is 0.674. The Morgan fingerprint density at radius 3 is 2.47 bits per heavy atom. The number of carbonyl (C=O) groups is 1. The number of hydrogen-bond acceptors (Lipinski definition) is 2. The van der Waals surface area contributed by atoms with E-state index in [4.69, 9.17) is 4.74 Å². The normalized spacial score (nSPS) is 16.6. The van der Waals surface area contributed by atoms with Crippen molar-refractivity contribution in [1.29, 1.82) is 0 Å². The lowest BCUT2D eigenvalue weighted by atomic mass is 10.3. The molecule has 0 aromatic heterocycles. The number of nitrogens with one attached hydrogen (secondary N) is 1. The minimum absolute atomic E-state index is 0.185. The van der Waals surface area contributed by atoms with Gasteiger partial charge < -0.3 is 10.1 Å². The van der Waals surface area contributed by atoms with Crippen molar-refractivity contribution in [2.45, 2.75) is 12.6 Å². The number of halogens is 3. The van der Waals surface area contributed by atoms with Gasteiger partial charge in [-0.25, -0.2) is 18.0 Å². The van der Waals surface area contributed by atoms with Crippen molar-refractivity contribution in [1.82, 2.24) is 5.32 Å². The summed E-state index contributed by atoms with van der Waals surface area (Å²) < 4.78 is 41.4. The molecule has 19 heavy (non-hydrogen) atoms. The quantitative estimate of drug-likeness (QED) is 0.894. The summed E-state index contributed by atoms with van der Waals surface area (Å²) in [5, 5.41) is 2.66. The number of nitrogens with zero attached hydrogens (tertiary/aromatic N) is 1. The first kappa shape index (κ1) is 13.5. The third-order valence-electron chi connectivity index (χ3n) is 2.69. The van der Waals surface area contributed by atoms with Crippen molar-refractivity contribution in [3.63, 3.8) is 0 Å². The molecule has 1 aromatic rings. The number of hydrogen-bond donors (Lipinski definition) is 1. The van der Waals surface area contributed by atoms with E-state index >= 15 is 0 Å². The summed E-state index contributed by atoms with van der Waals surface area (Å²) in [6.45, 7) is 0.452. The largest absolute Gasteiger partial charge is 0.490 e. The van der Waals surface area contributed by atoms with Crippen molar-refractivity contribution in [2.24, 2.45) is 0 Å². The Hall–Kier alpha value is -1.92. The minimum atomic E-state index is -3.05. The Bertz CT molecular complexity index is 439. The molecular weight excluding hydrogens is 261 g/mol. The third kappa shape index (κ3) is 3.30. The number of alkyl halides is 3. The fraction of sp³-hybridized carbons (Fsp3) is 0.417. The highest BCUT2D eigenvalue weighted by Crippen LogP contribution is 2.21. The van der Waals surface area contributed by atoms with Gasteiger partial charge in [0.25, 0.3) is 6.43 Å². The van der Waals surface area contributed by atoms with Crippen LogP contribution >= 0.6 is 0 Å². The molecule has 0 radical (unpaired) electrons. The number of benzene rings is 1. The van der Waals surface area contributed by atoms with Crippen molar-refractivity contribution in [3.05, 3.63) is 24.3 Å². The molecule has 1 unspecified atom stereocenters. The Morgan fingerprint density at radius 1 is 1.26 bits per heavy atom. The van der Waals surface area contributed by atoms with E-state index < -0.39 is 19.2 Å². The molecule has 1 fully saturated rings. The molecule has 1 saturated heterocycles. The molecule has 0 bridgehead atoms. The maximum atomic E-state index is 12.7. The van der Waals surface area contributed by atoms with Crippen molar-refractivity contribution in [2.75, 3.05) is 24.6 Å². The summed E-state index contributed by atoms with van der Waals surface area (Å²) in [5.74, 6) is 0.284. The molecular formula is C12H13F3N2O2. The van der Waals surface area contributed by atoms with Gasteiger partial charge >= 0.3 is 6.03 Å².